The highest BCUT2D eigenvalue weighted by Crippen LogP contribution is 2.26. The Balaban J connectivity index is 2.69. The van der Waals surface area contributed by atoms with Crippen molar-refractivity contribution in [3.05, 3.63) is 16.3 Å². The fourth-order valence-corrected chi connectivity index (χ4v) is 1.80. The number of thiophene rings is 1. The van der Waals surface area contributed by atoms with E-state index in [2.05, 4.69) is 10.1 Å². The van der Waals surface area contributed by atoms with Gasteiger partial charge in [0.1, 0.15) is 10.6 Å². The molecule has 0 aromatic carbocycles. The average Bonchev–Trinajstić information content (AvgIpc) is 2.73. The molecular weight excluding hydrogens is 284 g/mol. The summed E-state index contributed by atoms with van der Waals surface area (Å²) in [5, 5.41) is 21.5. The third-order valence-corrected chi connectivity index (χ3v) is 3.00. The summed E-state index contributed by atoms with van der Waals surface area (Å²) in [6.07, 6.45) is 0. The Kier molecular flexibility index (Phi) is 4.78. The maximum Gasteiger partial charge on any atom is 0.387 e. The van der Waals surface area contributed by atoms with E-state index < -0.39 is 30.6 Å². The zero-order valence-corrected chi connectivity index (χ0v) is 10.5. The van der Waals surface area contributed by atoms with Gasteiger partial charge in [-0.3, -0.25) is 4.79 Å². The first-order valence-corrected chi connectivity index (χ1v) is 5.88. The van der Waals surface area contributed by atoms with E-state index in [0.717, 1.165) is 18.3 Å². The molecule has 9 heteroatoms. The molecule has 0 aliphatic heterocycles. The van der Waals surface area contributed by atoms with Gasteiger partial charge < -0.3 is 20.3 Å². The van der Waals surface area contributed by atoms with Gasteiger partial charge in [-0.15, -0.1) is 11.3 Å². The van der Waals surface area contributed by atoms with E-state index in [0.29, 0.717) is 0 Å². The van der Waals surface area contributed by atoms with Crippen LogP contribution in [0.4, 0.5) is 8.78 Å². The molecular formula is C10H11F2NO5S. The third-order valence-electron chi connectivity index (χ3n) is 2.11. The first-order chi connectivity index (χ1) is 8.74. The van der Waals surface area contributed by atoms with E-state index in [1.165, 1.54) is 11.4 Å². The molecule has 1 amide bonds. The van der Waals surface area contributed by atoms with Gasteiger partial charge in [0.2, 0.25) is 0 Å². The molecule has 0 radical (unpaired) electrons. The van der Waals surface area contributed by atoms with E-state index in [1.807, 2.05) is 0 Å². The number of ether oxygens (including phenoxy) is 1. The molecule has 6 nitrogen and oxygen atoms in total. The second kappa shape index (κ2) is 5.93. The molecule has 1 aromatic heterocycles. The highest BCUT2D eigenvalue weighted by molar-refractivity contribution is 7.12. The number of carbonyl (C=O) groups excluding carboxylic acids is 1. The number of alkyl halides is 2. The number of carbonyl (C=O) groups is 2. The van der Waals surface area contributed by atoms with Gasteiger partial charge in [-0.05, 0) is 18.4 Å². The summed E-state index contributed by atoms with van der Waals surface area (Å²) >= 11 is 0.859. The molecule has 0 saturated carbocycles. The van der Waals surface area contributed by atoms with Crippen molar-refractivity contribution in [3.63, 3.8) is 0 Å². The Labute approximate surface area is 110 Å². The standard InChI is InChI=1S/C10H11F2NO5S/c1-10(17,8(15)16)4-13-7(14)6-5(2-3-19-6)18-9(11)12/h2-3,9,17H,4H2,1H3,(H,13,14)(H,15,16). The number of amides is 1. The second-order valence-electron chi connectivity index (χ2n) is 3.75. The van der Waals surface area contributed by atoms with Crippen LogP contribution >= 0.6 is 11.3 Å². The van der Waals surface area contributed by atoms with Gasteiger partial charge in [0.15, 0.2) is 5.60 Å². The van der Waals surface area contributed by atoms with Gasteiger partial charge in [-0.2, -0.15) is 8.78 Å². The summed E-state index contributed by atoms with van der Waals surface area (Å²) in [4.78, 5) is 22.1. The van der Waals surface area contributed by atoms with Crippen molar-refractivity contribution >= 4 is 23.2 Å². The summed E-state index contributed by atoms with van der Waals surface area (Å²) in [5.74, 6) is -2.61. The topological polar surface area (TPSA) is 95.9 Å². The lowest BCUT2D eigenvalue weighted by molar-refractivity contribution is -0.155. The van der Waals surface area contributed by atoms with Crippen molar-refractivity contribution in [1.82, 2.24) is 5.32 Å². The monoisotopic (exact) mass is 295 g/mol. The molecule has 106 valence electrons. The van der Waals surface area contributed by atoms with Gasteiger partial charge in [0.05, 0.1) is 6.54 Å². The van der Waals surface area contributed by atoms with Crippen molar-refractivity contribution in [2.75, 3.05) is 6.54 Å². The highest BCUT2D eigenvalue weighted by atomic mass is 32.1. The molecule has 1 rings (SSSR count). The maximum atomic E-state index is 12.1. The largest absolute Gasteiger partial charge is 0.479 e. The number of rotatable bonds is 6. The number of halogens is 2. The molecule has 0 fully saturated rings. The minimum Gasteiger partial charge on any atom is -0.479 e. The van der Waals surface area contributed by atoms with Crippen LogP contribution in [0.5, 0.6) is 5.75 Å². The van der Waals surface area contributed by atoms with Gasteiger partial charge in [-0.25, -0.2) is 4.79 Å². The summed E-state index contributed by atoms with van der Waals surface area (Å²) in [6, 6.07) is 1.20. The minimum atomic E-state index is -3.07. The lowest BCUT2D eigenvalue weighted by atomic mass is 10.1. The first kappa shape index (κ1) is 15.3. The van der Waals surface area contributed by atoms with Crippen LogP contribution in [-0.4, -0.2) is 40.8 Å². The van der Waals surface area contributed by atoms with Crippen molar-refractivity contribution in [3.8, 4) is 5.75 Å². The summed E-state index contributed by atoms with van der Waals surface area (Å²) in [6.45, 7) is -2.63. The number of hydrogen-bond acceptors (Lipinski definition) is 5. The van der Waals surface area contributed by atoms with Crippen LogP contribution in [0.1, 0.15) is 16.6 Å². The van der Waals surface area contributed by atoms with E-state index >= 15 is 0 Å². The molecule has 19 heavy (non-hydrogen) atoms. The molecule has 3 N–H and O–H groups in total. The van der Waals surface area contributed by atoms with Crippen LogP contribution in [0.3, 0.4) is 0 Å². The van der Waals surface area contributed by atoms with Crippen LogP contribution < -0.4 is 10.1 Å². The molecule has 0 spiro atoms. The Hall–Kier alpha value is -1.74. The molecule has 0 saturated heterocycles. The van der Waals surface area contributed by atoms with Crippen molar-refractivity contribution in [2.24, 2.45) is 0 Å². The van der Waals surface area contributed by atoms with Crippen LogP contribution in [0.25, 0.3) is 0 Å². The fraction of sp³-hybridized carbons (Fsp3) is 0.400. The summed E-state index contributed by atoms with van der Waals surface area (Å²) in [5.41, 5.74) is -2.14. The summed E-state index contributed by atoms with van der Waals surface area (Å²) in [7, 11) is 0. The average molecular weight is 295 g/mol. The van der Waals surface area contributed by atoms with Gasteiger partial charge >= 0.3 is 12.6 Å². The zero-order valence-electron chi connectivity index (χ0n) is 9.72. The van der Waals surface area contributed by atoms with Crippen LogP contribution in [-0.2, 0) is 4.79 Å². The molecule has 0 aliphatic rings. The third kappa shape index (κ3) is 4.14. The lowest BCUT2D eigenvalue weighted by Gasteiger charge is -2.18. The zero-order chi connectivity index (χ0) is 14.6. The predicted octanol–water partition coefficient (Wildman–Crippen LogP) is 0.915. The number of carboxylic acid groups (broad SMARTS) is 1. The van der Waals surface area contributed by atoms with E-state index in [-0.39, 0.29) is 10.6 Å². The Morgan fingerprint density at radius 3 is 2.74 bits per heavy atom. The van der Waals surface area contributed by atoms with Gasteiger partial charge in [0, 0.05) is 0 Å². The number of aliphatic hydroxyl groups is 1. The molecule has 1 aromatic rings. The van der Waals surface area contributed by atoms with E-state index in [1.54, 1.807) is 0 Å². The molecule has 0 aliphatic carbocycles. The fourth-order valence-electron chi connectivity index (χ4n) is 1.06. The van der Waals surface area contributed by atoms with Crippen LogP contribution in [0, 0.1) is 0 Å². The van der Waals surface area contributed by atoms with E-state index in [9.17, 15) is 23.5 Å². The van der Waals surface area contributed by atoms with Crippen LogP contribution in [0.2, 0.25) is 0 Å². The highest BCUT2D eigenvalue weighted by Gasteiger charge is 2.31. The molecule has 0 bridgehead atoms. The number of carboxylic acids is 1. The molecule has 1 atom stereocenters. The van der Waals surface area contributed by atoms with E-state index in [4.69, 9.17) is 5.11 Å². The number of hydrogen-bond donors (Lipinski definition) is 3. The lowest BCUT2D eigenvalue weighted by Crippen LogP contribution is -2.46. The Bertz CT molecular complexity index is 474. The Morgan fingerprint density at radius 2 is 2.21 bits per heavy atom. The minimum absolute atomic E-state index is 0.124. The number of nitrogens with one attached hydrogen (secondary N) is 1. The predicted molar refractivity (Wildman–Crippen MR) is 61.5 cm³/mol. The number of aliphatic carboxylic acids is 1. The smallest absolute Gasteiger partial charge is 0.387 e. The van der Waals surface area contributed by atoms with Crippen LogP contribution in [0.15, 0.2) is 11.4 Å². The normalized spacial score (nSPS) is 13.9. The SMILES string of the molecule is CC(O)(CNC(=O)c1sccc1OC(F)F)C(=O)O. The van der Waals surface area contributed by atoms with Gasteiger partial charge in [0.25, 0.3) is 5.91 Å². The summed E-state index contributed by atoms with van der Waals surface area (Å²) < 4.78 is 28.2. The second-order valence-corrected chi connectivity index (χ2v) is 4.67. The first-order valence-electron chi connectivity index (χ1n) is 5.00. The Morgan fingerprint density at radius 1 is 1.58 bits per heavy atom. The quantitative estimate of drug-likeness (QED) is 0.725. The molecule has 1 heterocycles. The molecule has 1 unspecified atom stereocenters. The maximum absolute atomic E-state index is 12.1. The van der Waals surface area contributed by atoms with Crippen molar-refractivity contribution in [1.29, 1.82) is 0 Å². The van der Waals surface area contributed by atoms with Crippen molar-refractivity contribution < 1.29 is 33.3 Å². The van der Waals surface area contributed by atoms with Gasteiger partial charge in [-0.1, -0.05) is 0 Å². The van der Waals surface area contributed by atoms with Crippen molar-refractivity contribution in [2.45, 2.75) is 19.1 Å².